The first-order valence-electron chi connectivity index (χ1n) is 6.89. The fourth-order valence-electron chi connectivity index (χ4n) is 2.72. The zero-order valence-corrected chi connectivity index (χ0v) is 12.0. The standard InChI is InChI=1S/C15H19ClFNO2/c16-9-15(6-2-1-3-7-15)10-18-14(20)12-5-4-11(17)8-13(12)19/h4-5,8,19H,1-3,6-7,9-10H2,(H,18,20). The van der Waals surface area contributed by atoms with E-state index in [4.69, 9.17) is 11.6 Å². The summed E-state index contributed by atoms with van der Waals surface area (Å²) in [5.41, 5.74) is 0.0393. The molecule has 0 saturated heterocycles. The maximum Gasteiger partial charge on any atom is 0.255 e. The summed E-state index contributed by atoms with van der Waals surface area (Å²) in [4.78, 5) is 12.0. The number of carbonyl (C=O) groups excluding carboxylic acids is 1. The molecule has 2 N–H and O–H groups in total. The van der Waals surface area contributed by atoms with Crippen LogP contribution in [0.1, 0.15) is 42.5 Å². The summed E-state index contributed by atoms with van der Waals surface area (Å²) >= 11 is 6.07. The molecule has 1 fully saturated rings. The van der Waals surface area contributed by atoms with Gasteiger partial charge < -0.3 is 10.4 Å². The largest absolute Gasteiger partial charge is 0.507 e. The van der Waals surface area contributed by atoms with Crippen molar-refractivity contribution < 1.29 is 14.3 Å². The molecule has 1 aliphatic carbocycles. The van der Waals surface area contributed by atoms with Crippen LogP contribution in [0.25, 0.3) is 0 Å². The molecule has 2 rings (SSSR count). The van der Waals surface area contributed by atoms with Crippen molar-refractivity contribution in [1.29, 1.82) is 0 Å². The summed E-state index contributed by atoms with van der Waals surface area (Å²) in [6, 6.07) is 3.38. The predicted molar refractivity (Wildman–Crippen MR) is 76.6 cm³/mol. The smallest absolute Gasteiger partial charge is 0.255 e. The minimum absolute atomic E-state index is 0.0505. The third kappa shape index (κ3) is 3.42. The van der Waals surface area contributed by atoms with Gasteiger partial charge in [0.1, 0.15) is 11.6 Å². The van der Waals surface area contributed by atoms with Gasteiger partial charge in [-0.05, 0) is 25.0 Å². The Morgan fingerprint density at radius 3 is 2.65 bits per heavy atom. The van der Waals surface area contributed by atoms with Crippen LogP contribution in [0.2, 0.25) is 0 Å². The molecule has 1 amide bonds. The van der Waals surface area contributed by atoms with Gasteiger partial charge in [-0.3, -0.25) is 4.79 Å². The van der Waals surface area contributed by atoms with E-state index in [1.54, 1.807) is 0 Å². The monoisotopic (exact) mass is 299 g/mol. The molecule has 1 aromatic carbocycles. The van der Waals surface area contributed by atoms with Crippen molar-refractivity contribution in [2.24, 2.45) is 5.41 Å². The first-order valence-corrected chi connectivity index (χ1v) is 7.42. The molecular weight excluding hydrogens is 281 g/mol. The van der Waals surface area contributed by atoms with Crippen molar-refractivity contribution in [3.05, 3.63) is 29.6 Å². The number of hydrogen-bond donors (Lipinski definition) is 2. The van der Waals surface area contributed by atoms with Crippen LogP contribution in [0.15, 0.2) is 18.2 Å². The number of carbonyl (C=O) groups is 1. The van der Waals surface area contributed by atoms with Gasteiger partial charge >= 0.3 is 0 Å². The van der Waals surface area contributed by atoms with Crippen LogP contribution in [0, 0.1) is 11.2 Å². The van der Waals surface area contributed by atoms with Crippen molar-refractivity contribution in [2.75, 3.05) is 12.4 Å². The lowest BCUT2D eigenvalue weighted by molar-refractivity contribution is 0.0918. The second-order valence-corrected chi connectivity index (χ2v) is 5.81. The first-order chi connectivity index (χ1) is 9.56. The van der Waals surface area contributed by atoms with Gasteiger partial charge in [0, 0.05) is 23.9 Å². The van der Waals surface area contributed by atoms with Gasteiger partial charge in [-0.15, -0.1) is 11.6 Å². The molecule has 110 valence electrons. The molecule has 3 nitrogen and oxygen atoms in total. The molecule has 1 aromatic rings. The van der Waals surface area contributed by atoms with E-state index in [0.29, 0.717) is 12.4 Å². The molecule has 20 heavy (non-hydrogen) atoms. The Morgan fingerprint density at radius 1 is 1.35 bits per heavy atom. The van der Waals surface area contributed by atoms with Gasteiger partial charge in [0.05, 0.1) is 5.56 Å². The van der Waals surface area contributed by atoms with Crippen LogP contribution in [0.5, 0.6) is 5.75 Å². The van der Waals surface area contributed by atoms with Crippen LogP contribution in [-0.2, 0) is 0 Å². The Balaban J connectivity index is 2.00. The lowest BCUT2D eigenvalue weighted by atomic mass is 9.75. The summed E-state index contributed by atoms with van der Waals surface area (Å²) in [6.45, 7) is 0.492. The Hall–Kier alpha value is -1.29. The van der Waals surface area contributed by atoms with Crippen LogP contribution in [0.4, 0.5) is 4.39 Å². The Labute approximate surface area is 123 Å². The SMILES string of the molecule is O=C(NCC1(CCl)CCCCC1)c1ccc(F)cc1O. The van der Waals surface area contributed by atoms with Gasteiger partial charge in [-0.2, -0.15) is 0 Å². The minimum atomic E-state index is -0.566. The molecule has 0 aromatic heterocycles. The van der Waals surface area contributed by atoms with Gasteiger partial charge in [0.2, 0.25) is 0 Å². The zero-order valence-electron chi connectivity index (χ0n) is 11.3. The Bertz CT molecular complexity index is 487. The van der Waals surface area contributed by atoms with Gasteiger partial charge in [-0.25, -0.2) is 4.39 Å². The number of phenolic OH excluding ortho intramolecular Hbond substituents is 1. The van der Waals surface area contributed by atoms with E-state index in [2.05, 4.69) is 5.32 Å². The summed E-state index contributed by atoms with van der Waals surface area (Å²) in [5, 5.41) is 12.4. The van der Waals surface area contributed by atoms with Gasteiger partial charge in [0.15, 0.2) is 0 Å². The van der Waals surface area contributed by atoms with E-state index < -0.39 is 11.7 Å². The van der Waals surface area contributed by atoms with Crippen molar-refractivity contribution in [1.82, 2.24) is 5.32 Å². The van der Waals surface area contributed by atoms with E-state index in [0.717, 1.165) is 37.8 Å². The maximum absolute atomic E-state index is 12.9. The van der Waals surface area contributed by atoms with Crippen molar-refractivity contribution in [2.45, 2.75) is 32.1 Å². The number of hydrogen-bond acceptors (Lipinski definition) is 2. The highest BCUT2D eigenvalue weighted by Gasteiger charge is 2.31. The number of aromatic hydroxyl groups is 1. The van der Waals surface area contributed by atoms with E-state index in [-0.39, 0.29) is 16.7 Å². The minimum Gasteiger partial charge on any atom is -0.507 e. The average molecular weight is 300 g/mol. The number of benzene rings is 1. The molecule has 1 saturated carbocycles. The number of halogens is 2. The van der Waals surface area contributed by atoms with Crippen LogP contribution >= 0.6 is 11.6 Å². The average Bonchev–Trinajstić information content (AvgIpc) is 2.46. The highest BCUT2D eigenvalue weighted by molar-refractivity contribution is 6.18. The van der Waals surface area contributed by atoms with Crippen molar-refractivity contribution >= 4 is 17.5 Å². The van der Waals surface area contributed by atoms with Crippen LogP contribution < -0.4 is 5.32 Å². The summed E-state index contributed by atoms with van der Waals surface area (Å²) in [7, 11) is 0. The molecule has 0 spiro atoms. The highest BCUT2D eigenvalue weighted by Crippen LogP contribution is 2.36. The molecule has 0 bridgehead atoms. The molecule has 0 aliphatic heterocycles. The fraction of sp³-hybridized carbons (Fsp3) is 0.533. The van der Waals surface area contributed by atoms with E-state index >= 15 is 0 Å². The third-order valence-corrected chi connectivity index (χ3v) is 4.59. The summed E-state index contributed by atoms with van der Waals surface area (Å²) < 4.78 is 12.9. The molecule has 5 heteroatoms. The fourth-order valence-corrected chi connectivity index (χ4v) is 3.08. The second kappa shape index (κ2) is 6.44. The summed E-state index contributed by atoms with van der Waals surface area (Å²) in [6.07, 6.45) is 5.48. The number of rotatable bonds is 4. The van der Waals surface area contributed by atoms with E-state index in [1.165, 1.54) is 12.5 Å². The van der Waals surface area contributed by atoms with E-state index in [9.17, 15) is 14.3 Å². The lowest BCUT2D eigenvalue weighted by Crippen LogP contribution is -2.40. The first kappa shape index (κ1) is 15.1. The third-order valence-electron chi connectivity index (χ3n) is 4.03. The summed E-state index contributed by atoms with van der Waals surface area (Å²) in [5.74, 6) is -0.782. The maximum atomic E-state index is 12.9. The molecular formula is C15H19ClFNO2. The number of phenols is 1. The molecule has 0 radical (unpaired) electrons. The predicted octanol–water partition coefficient (Wildman–Crippen LogP) is 3.45. The Morgan fingerprint density at radius 2 is 2.05 bits per heavy atom. The normalized spacial score (nSPS) is 17.7. The molecule has 0 heterocycles. The molecule has 1 aliphatic rings. The lowest BCUT2D eigenvalue weighted by Gasteiger charge is -2.35. The second-order valence-electron chi connectivity index (χ2n) is 5.54. The van der Waals surface area contributed by atoms with Crippen LogP contribution in [0.3, 0.4) is 0 Å². The Kier molecular flexibility index (Phi) is 4.86. The van der Waals surface area contributed by atoms with Gasteiger partial charge in [0.25, 0.3) is 5.91 Å². The number of nitrogens with one attached hydrogen (secondary N) is 1. The molecule has 0 unspecified atom stereocenters. The quantitative estimate of drug-likeness (QED) is 0.837. The number of alkyl halides is 1. The van der Waals surface area contributed by atoms with Gasteiger partial charge in [-0.1, -0.05) is 19.3 Å². The van der Waals surface area contributed by atoms with Crippen LogP contribution in [-0.4, -0.2) is 23.4 Å². The van der Waals surface area contributed by atoms with Crippen molar-refractivity contribution in [3.63, 3.8) is 0 Å². The van der Waals surface area contributed by atoms with E-state index in [1.807, 2.05) is 0 Å². The molecule has 0 atom stereocenters. The number of amides is 1. The van der Waals surface area contributed by atoms with Crippen molar-refractivity contribution in [3.8, 4) is 5.75 Å². The zero-order chi connectivity index (χ0) is 14.6. The topological polar surface area (TPSA) is 49.3 Å². The highest BCUT2D eigenvalue weighted by atomic mass is 35.5.